The molecular weight excluding hydrogens is 459 g/mol. The number of aromatic nitrogens is 1. The summed E-state index contributed by atoms with van der Waals surface area (Å²) < 4.78 is 11.3. The number of rotatable bonds is 3. The average Bonchev–Trinajstić information content (AvgIpc) is 3.48. The van der Waals surface area contributed by atoms with Gasteiger partial charge < -0.3 is 14.2 Å². The highest BCUT2D eigenvalue weighted by atomic mass is 35.5. The fourth-order valence-electron chi connectivity index (χ4n) is 5.06. The van der Waals surface area contributed by atoms with Crippen LogP contribution in [-0.4, -0.2) is 34.8 Å². The lowest BCUT2D eigenvalue weighted by Gasteiger charge is -2.49. The number of ether oxygens (including phenoxy) is 1. The van der Waals surface area contributed by atoms with E-state index >= 15 is 0 Å². The highest BCUT2D eigenvalue weighted by molar-refractivity contribution is 6.39. The predicted molar refractivity (Wildman–Crippen MR) is 131 cm³/mol. The second-order valence-electron chi connectivity index (χ2n) is 10.8. The third kappa shape index (κ3) is 4.67. The molecule has 0 bridgehead atoms. The van der Waals surface area contributed by atoms with Crippen molar-refractivity contribution in [3.05, 3.63) is 45.1 Å². The third-order valence-corrected chi connectivity index (χ3v) is 7.56. The van der Waals surface area contributed by atoms with Crippen LogP contribution in [0.2, 0.25) is 10.0 Å². The van der Waals surface area contributed by atoms with E-state index < -0.39 is 5.60 Å². The number of carbonyl (C=O) groups excluding carboxylic acids is 1. The molecule has 2 saturated carbocycles. The quantitative estimate of drug-likeness (QED) is 0.443. The first kappa shape index (κ1) is 22.8. The minimum Gasteiger partial charge on any atom is -0.444 e. The number of amides is 1. The molecule has 0 atom stereocenters. The molecule has 2 heterocycles. The Labute approximate surface area is 205 Å². The molecule has 0 radical (unpaired) electrons. The zero-order valence-corrected chi connectivity index (χ0v) is 20.9. The first-order valence-electron chi connectivity index (χ1n) is 11.8. The third-order valence-electron chi connectivity index (χ3n) is 6.93. The molecule has 0 N–H and O–H groups in total. The number of allylic oxidation sites excluding steroid dienone is 1. The number of hydrogen-bond acceptors (Lipinski definition) is 4. The van der Waals surface area contributed by atoms with Crippen molar-refractivity contribution in [1.29, 1.82) is 0 Å². The van der Waals surface area contributed by atoms with E-state index in [-0.39, 0.29) is 11.5 Å². The second-order valence-corrected chi connectivity index (χ2v) is 11.6. The molecule has 1 aromatic carbocycles. The van der Waals surface area contributed by atoms with Crippen molar-refractivity contribution in [3.63, 3.8) is 0 Å². The van der Waals surface area contributed by atoms with E-state index in [2.05, 4.69) is 11.2 Å². The predicted octanol–water partition coefficient (Wildman–Crippen LogP) is 7.72. The molecule has 5 nitrogen and oxygen atoms in total. The maximum absolute atomic E-state index is 12.4. The lowest BCUT2D eigenvalue weighted by Crippen LogP contribution is -2.47. The molecule has 33 heavy (non-hydrogen) atoms. The van der Waals surface area contributed by atoms with Gasteiger partial charge >= 0.3 is 6.09 Å². The van der Waals surface area contributed by atoms with Crippen LogP contribution in [0, 0.1) is 5.41 Å². The molecule has 1 aliphatic heterocycles. The van der Waals surface area contributed by atoms with Crippen molar-refractivity contribution in [2.75, 3.05) is 13.1 Å². The van der Waals surface area contributed by atoms with Gasteiger partial charge in [-0.1, -0.05) is 40.0 Å². The van der Waals surface area contributed by atoms with Gasteiger partial charge in [0.25, 0.3) is 0 Å². The Bertz CT molecular complexity index is 1070. The van der Waals surface area contributed by atoms with Crippen LogP contribution >= 0.6 is 23.2 Å². The number of benzene rings is 1. The first-order valence-corrected chi connectivity index (χ1v) is 12.5. The summed E-state index contributed by atoms with van der Waals surface area (Å²) in [6, 6.07) is 5.51. The van der Waals surface area contributed by atoms with Gasteiger partial charge in [-0.25, -0.2) is 4.79 Å². The van der Waals surface area contributed by atoms with Crippen molar-refractivity contribution in [1.82, 2.24) is 10.1 Å². The molecule has 2 aliphatic carbocycles. The fraction of sp³-hybridized carbons (Fsp3) is 0.538. The summed E-state index contributed by atoms with van der Waals surface area (Å²) in [4.78, 5) is 14.2. The van der Waals surface area contributed by atoms with E-state index in [1.807, 2.05) is 43.9 Å². The van der Waals surface area contributed by atoms with Gasteiger partial charge in [0, 0.05) is 30.1 Å². The first-order chi connectivity index (χ1) is 15.6. The van der Waals surface area contributed by atoms with Crippen LogP contribution in [0.5, 0.6) is 0 Å². The number of nitrogens with zero attached hydrogens (tertiary/aromatic N) is 2. The molecule has 3 fully saturated rings. The van der Waals surface area contributed by atoms with E-state index in [0.717, 1.165) is 74.2 Å². The fourth-order valence-corrected chi connectivity index (χ4v) is 5.63. The SMILES string of the molecule is CC(C)(C)OC(=O)N1CCC2(CC1)CC(=Cc1c(-c3c(Cl)cccc3Cl)noc1C1CC1)C2. The maximum Gasteiger partial charge on any atom is 0.410 e. The van der Waals surface area contributed by atoms with E-state index in [1.54, 1.807) is 0 Å². The van der Waals surface area contributed by atoms with E-state index in [0.29, 0.717) is 16.0 Å². The maximum atomic E-state index is 12.4. The summed E-state index contributed by atoms with van der Waals surface area (Å²) in [5.41, 5.74) is 3.73. The number of carbonyl (C=O) groups is 1. The molecule has 1 saturated heterocycles. The molecule has 0 unspecified atom stereocenters. The van der Waals surface area contributed by atoms with Crippen molar-refractivity contribution in [2.24, 2.45) is 5.41 Å². The molecule has 5 rings (SSSR count). The normalized spacial score (nSPS) is 20.0. The molecule has 1 spiro atoms. The summed E-state index contributed by atoms with van der Waals surface area (Å²) in [6.07, 6.45) is 8.41. The Hall–Kier alpha value is -1.98. The Morgan fingerprint density at radius 2 is 1.82 bits per heavy atom. The Kier molecular flexibility index (Phi) is 5.77. The van der Waals surface area contributed by atoms with Gasteiger partial charge in [-0.05, 0) is 82.9 Å². The molecule has 1 amide bonds. The van der Waals surface area contributed by atoms with Gasteiger partial charge in [-0.3, -0.25) is 0 Å². The Morgan fingerprint density at radius 3 is 2.39 bits per heavy atom. The van der Waals surface area contributed by atoms with Gasteiger partial charge in [-0.15, -0.1) is 0 Å². The number of hydrogen-bond donors (Lipinski definition) is 0. The summed E-state index contributed by atoms with van der Waals surface area (Å²) in [7, 11) is 0. The van der Waals surface area contributed by atoms with Crippen LogP contribution in [0.3, 0.4) is 0 Å². The van der Waals surface area contributed by atoms with Crippen molar-refractivity contribution < 1.29 is 14.1 Å². The summed E-state index contributed by atoms with van der Waals surface area (Å²) in [5, 5.41) is 5.56. The van der Waals surface area contributed by atoms with Crippen molar-refractivity contribution in [3.8, 4) is 11.3 Å². The van der Waals surface area contributed by atoms with Crippen LogP contribution in [0.15, 0.2) is 28.3 Å². The molecular formula is C26H30Cl2N2O3. The average molecular weight is 489 g/mol. The van der Waals surface area contributed by atoms with Gasteiger partial charge in [0.2, 0.25) is 0 Å². The summed E-state index contributed by atoms with van der Waals surface area (Å²) in [5.74, 6) is 1.39. The Balaban J connectivity index is 1.32. The second kappa shape index (κ2) is 8.35. The van der Waals surface area contributed by atoms with Crippen LogP contribution in [0.25, 0.3) is 17.3 Å². The molecule has 2 aromatic rings. The summed E-state index contributed by atoms with van der Waals surface area (Å²) >= 11 is 13.0. The monoisotopic (exact) mass is 488 g/mol. The van der Waals surface area contributed by atoms with Crippen LogP contribution < -0.4 is 0 Å². The van der Waals surface area contributed by atoms with Crippen LogP contribution in [-0.2, 0) is 4.74 Å². The van der Waals surface area contributed by atoms with Gasteiger partial charge in [0.05, 0.1) is 10.0 Å². The van der Waals surface area contributed by atoms with Gasteiger partial charge in [0.15, 0.2) is 0 Å². The standard InChI is InChI=1S/C26H30Cl2N2O3/c1-25(2,3)32-24(31)30-11-9-26(10-12-30)14-16(15-26)13-18-22(29-33-23(18)17-7-8-17)21-19(27)5-4-6-20(21)28/h4-6,13,17H,7-12,14-15H2,1-3H3. The molecule has 176 valence electrons. The zero-order valence-electron chi connectivity index (χ0n) is 19.4. The van der Waals surface area contributed by atoms with E-state index in [4.69, 9.17) is 32.5 Å². The zero-order chi connectivity index (χ0) is 23.4. The van der Waals surface area contributed by atoms with Crippen molar-refractivity contribution in [2.45, 2.75) is 70.8 Å². The van der Waals surface area contributed by atoms with Crippen molar-refractivity contribution >= 4 is 35.4 Å². The lowest BCUT2D eigenvalue weighted by atomic mass is 9.60. The summed E-state index contributed by atoms with van der Waals surface area (Å²) in [6.45, 7) is 7.23. The molecule has 7 heteroatoms. The minimum absolute atomic E-state index is 0.202. The van der Waals surface area contributed by atoms with E-state index in [9.17, 15) is 4.79 Å². The van der Waals surface area contributed by atoms with Gasteiger partial charge in [0.1, 0.15) is 17.1 Å². The topological polar surface area (TPSA) is 55.6 Å². The molecule has 3 aliphatic rings. The van der Waals surface area contributed by atoms with E-state index in [1.165, 1.54) is 5.57 Å². The van der Waals surface area contributed by atoms with Gasteiger partial charge in [-0.2, -0.15) is 0 Å². The lowest BCUT2D eigenvalue weighted by molar-refractivity contribution is 0.00448. The Morgan fingerprint density at radius 1 is 1.18 bits per heavy atom. The number of likely N-dealkylation sites (tertiary alicyclic amines) is 1. The largest absolute Gasteiger partial charge is 0.444 e. The highest BCUT2D eigenvalue weighted by Gasteiger charge is 2.44. The number of piperidine rings is 1. The minimum atomic E-state index is -0.460. The highest BCUT2D eigenvalue weighted by Crippen LogP contribution is 2.54. The number of halogens is 2. The van der Waals surface area contributed by atoms with Crippen LogP contribution in [0.1, 0.15) is 76.5 Å². The smallest absolute Gasteiger partial charge is 0.410 e. The van der Waals surface area contributed by atoms with Crippen LogP contribution in [0.4, 0.5) is 4.79 Å². The molecule has 1 aromatic heterocycles.